The predicted octanol–water partition coefficient (Wildman–Crippen LogP) is 2.97. The Morgan fingerprint density at radius 2 is 2.21 bits per heavy atom. The van der Waals surface area contributed by atoms with E-state index >= 15 is 0 Å². The number of carbonyl (C=O) groups excluding carboxylic acids is 1. The van der Waals surface area contributed by atoms with Crippen LogP contribution in [0.3, 0.4) is 0 Å². The molecule has 4 heteroatoms. The fourth-order valence-electron chi connectivity index (χ4n) is 1.99. The summed E-state index contributed by atoms with van der Waals surface area (Å²) in [5.74, 6) is 1.16. The zero-order valence-corrected chi connectivity index (χ0v) is 11.2. The van der Waals surface area contributed by atoms with E-state index in [4.69, 9.17) is 14.7 Å². The first-order valence-electron chi connectivity index (χ1n) is 6.29. The van der Waals surface area contributed by atoms with Gasteiger partial charge in [-0.1, -0.05) is 0 Å². The highest BCUT2D eigenvalue weighted by Gasteiger charge is 2.43. The van der Waals surface area contributed by atoms with Gasteiger partial charge in [0.1, 0.15) is 11.5 Å². The second-order valence-corrected chi connectivity index (χ2v) is 5.04. The van der Waals surface area contributed by atoms with E-state index in [1.54, 1.807) is 25.3 Å². The van der Waals surface area contributed by atoms with Crippen LogP contribution in [0.25, 0.3) is 0 Å². The summed E-state index contributed by atoms with van der Waals surface area (Å²) < 4.78 is 10.9. The Morgan fingerprint density at radius 1 is 1.47 bits per heavy atom. The van der Waals surface area contributed by atoms with E-state index < -0.39 is 0 Å². The van der Waals surface area contributed by atoms with Gasteiger partial charge in [-0.05, 0) is 31.9 Å². The van der Waals surface area contributed by atoms with Gasteiger partial charge < -0.3 is 9.47 Å². The Morgan fingerprint density at radius 3 is 2.74 bits per heavy atom. The summed E-state index contributed by atoms with van der Waals surface area (Å²) in [7, 11) is 1.57. The molecule has 2 rings (SSSR count). The molecule has 0 amide bonds. The summed E-state index contributed by atoms with van der Waals surface area (Å²) in [5.41, 5.74) is 0.542. The van der Waals surface area contributed by atoms with Crippen molar-refractivity contribution in [2.75, 3.05) is 13.7 Å². The van der Waals surface area contributed by atoms with Gasteiger partial charge in [0.25, 0.3) is 0 Å². The van der Waals surface area contributed by atoms with Gasteiger partial charge >= 0.3 is 0 Å². The number of rotatable bonds is 6. The van der Waals surface area contributed by atoms with Crippen molar-refractivity contribution in [3.8, 4) is 17.6 Å². The summed E-state index contributed by atoms with van der Waals surface area (Å²) in [6.07, 6.45) is 2.53. The molecule has 0 aliphatic heterocycles. The molecule has 1 aliphatic rings. The van der Waals surface area contributed by atoms with Crippen LogP contribution in [0, 0.1) is 16.7 Å². The number of benzene rings is 1. The zero-order chi connectivity index (χ0) is 13.9. The number of ketones is 1. The van der Waals surface area contributed by atoms with Crippen molar-refractivity contribution in [3.05, 3.63) is 23.8 Å². The molecule has 1 fully saturated rings. The highest BCUT2D eigenvalue weighted by Crippen LogP contribution is 2.48. The minimum Gasteiger partial charge on any atom is -0.497 e. The molecule has 0 heterocycles. The topological polar surface area (TPSA) is 59.3 Å². The van der Waals surface area contributed by atoms with Gasteiger partial charge in [-0.2, -0.15) is 5.26 Å². The molecule has 4 nitrogen and oxygen atoms in total. The fourth-order valence-corrected chi connectivity index (χ4v) is 1.99. The molecule has 0 unspecified atom stereocenters. The number of carbonyl (C=O) groups is 1. The fraction of sp³-hybridized carbons (Fsp3) is 0.467. The van der Waals surface area contributed by atoms with Crippen LogP contribution >= 0.6 is 0 Å². The standard InChI is InChI=1S/C15H17NO3/c1-11(17)13-4-3-12(18-2)9-14(13)19-10-15(5-6-15)7-8-16/h3-4,9H,5-7,10H2,1-2H3. The molecule has 0 bridgehead atoms. The SMILES string of the molecule is COc1ccc(C(C)=O)c(OCC2(CC#N)CC2)c1. The molecule has 1 aliphatic carbocycles. The lowest BCUT2D eigenvalue weighted by Gasteiger charge is -2.15. The third-order valence-corrected chi connectivity index (χ3v) is 3.51. The summed E-state index contributed by atoms with van der Waals surface area (Å²) in [6.45, 7) is 1.99. The predicted molar refractivity (Wildman–Crippen MR) is 70.4 cm³/mol. The maximum absolute atomic E-state index is 11.6. The Labute approximate surface area is 112 Å². The van der Waals surface area contributed by atoms with Gasteiger partial charge in [0, 0.05) is 17.9 Å². The van der Waals surface area contributed by atoms with Crippen molar-refractivity contribution in [2.24, 2.45) is 5.41 Å². The van der Waals surface area contributed by atoms with Crippen LogP contribution < -0.4 is 9.47 Å². The van der Waals surface area contributed by atoms with Crippen LogP contribution in [0.1, 0.15) is 36.5 Å². The largest absolute Gasteiger partial charge is 0.497 e. The quantitative estimate of drug-likeness (QED) is 0.737. The molecule has 0 radical (unpaired) electrons. The molecule has 1 aromatic carbocycles. The number of ether oxygens (including phenoxy) is 2. The molecule has 0 atom stereocenters. The van der Waals surface area contributed by atoms with Crippen LogP contribution in [0.5, 0.6) is 11.5 Å². The Bertz CT molecular complexity index is 527. The van der Waals surface area contributed by atoms with Crippen molar-refractivity contribution in [1.29, 1.82) is 5.26 Å². The zero-order valence-electron chi connectivity index (χ0n) is 11.2. The lowest BCUT2D eigenvalue weighted by molar-refractivity contribution is 0.101. The van der Waals surface area contributed by atoms with Gasteiger partial charge in [0.2, 0.25) is 0 Å². The average Bonchev–Trinajstić information content (AvgIpc) is 3.16. The maximum Gasteiger partial charge on any atom is 0.163 e. The molecule has 19 heavy (non-hydrogen) atoms. The van der Waals surface area contributed by atoms with Crippen molar-refractivity contribution < 1.29 is 14.3 Å². The van der Waals surface area contributed by atoms with Gasteiger partial charge in [-0.15, -0.1) is 0 Å². The van der Waals surface area contributed by atoms with Crippen molar-refractivity contribution in [3.63, 3.8) is 0 Å². The number of nitrogens with zero attached hydrogens (tertiary/aromatic N) is 1. The van der Waals surface area contributed by atoms with Crippen LogP contribution in [0.15, 0.2) is 18.2 Å². The average molecular weight is 259 g/mol. The van der Waals surface area contributed by atoms with Crippen molar-refractivity contribution in [1.82, 2.24) is 0 Å². The number of hydrogen-bond acceptors (Lipinski definition) is 4. The van der Waals surface area contributed by atoms with E-state index in [9.17, 15) is 4.79 Å². The highest BCUT2D eigenvalue weighted by atomic mass is 16.5. The van der Waals surface area contributed by atoms with E-state index in [0.29, 0.717) is 30.1 Å². The summed E-state index contributed by atoms with van der Waals surface area (Å²) in [5, 5.41) is 8.78. The molecule has 0 N–H and O–H groups in total. The van der Waals surface area contributed by atoms with Crippen molar-refractivity contribution in [2.45, 2.75) is 26.2 Å². The van der Waals surface area contributed by atoms with Crippen LogP contribution in [0.4, 0.5) is 0 Å². The molecule has 0 saturated heterocycles. The van der Waals surface area contributed by atoms with Gasteiger partial charge in [0.15, 0.2) is 5.78 Å². The smallest absolute Gasteiger partial charge is 0.163 e. The first-order chi connectivity index (χ1) is 9.10. The molecule has 0 spiro atoms. The molecule has 0 aromatic heterocycles. The first-order valence-corrected chi connectivity index (χ1v) is 6.29. The van der Waals surface area contributed by atoms with E-state index in [0.717, 1.165) is 12.8 Å². The summed E-state index contributed by atoms with van der Waals surface area (Å²) >= 11 is 0. The number of hydrogen-bond donors (Lipinski definition) is 0. The molecule has 1 aromatic rings. The number of Topliss-reactive ketones (excluding diaryl/α,β-unsaturated/α-hetero) is 1. The first kappa shape index (κ1) is 13.4. The third kappa shape index (κ3) is 3.05. The monoisotopic (exact) mass is 259 g/mol. The van der Waals surface area contributed by atoms with Crippen LogP contribution in [-0.2, 0) is 0 Å². The Hall–Kier alpha value is -2.02. The van der Waals surface area contributed by atoms with E-state index in [-0.39, 0.29) is 11.2 Å². The Balaban J connectivity index is 2.14. The third-order valence-electron chi connectivity index (χ3n) is 3.51. The molecular formula is C15H17NO3. The molecular weight excluding hydrogens is 242 g/mol. The lowest BCUT2D eigenvalue weighted by Crippen LogP contribution is -2.14. The second kappa shape index (κ2) is 5.31. The Kier molecular flexibility index (Phi) is 3.75. The second-order valence-electron chi connectivity index (χ2n) is 5.04. The summed E-state index contributed by atoms with van der Waals surface area (Å²) in [4.78, 5) is 11.6. The summed E-state index contributed by atoms with van der Waals surface area (Å²) in [6, 6.07) is 7.37. The van der Waals surface area contributed by atoms with Crippen molar-refractivity contribution >= 4 is 5.78 Å². The molecule has 100 valence electrons. The van der Waals surface area contributed by atoms with Gasteiger partial charge in [-0.25, -0.2) is 0 Å². The number of methoxy groups -OCH3 is 1. The minimum absolute atomic E-state index is 0.00805. The molecule has 1 saturated carbocycles. The highest BCUT2D eigenvalue weighted by molar-refractivity contribution is 5.97. The van der Waals surface area contributed by atoms with E-state index in [2.05, 4.69) is 6.07 Å². The van der Waals surface area contributed by atoms with E-state index in [1.807, 2.05) is 0 Å². The normalized spacial score (nSPS) is 15.4. The lowest BCUT2D eigenvalue weighted by atomic mass is 10.1. The minimum atomic E-state index is -0.0391. The van der Waals surface area contributed by atoms with Crippen LogP contribution in [0.2, 0.25) is 0 Å². The number of nitriles is 1. The maximum atomic E-state index is 11.6. The van der Waals surface area contributed by atoms with Gasteiger partial charge in [-0.3, -0.25) is 4.79 Å². The van der Waals surface area contributed by atoms with Crippen LogP contribution in [-0.4, -0.2) is 19.5 Å². The van der Waals surface area contributed by atoms with Gasteiger partial charge in [0.05, 0.1) is 25.3 Å². The van der Waals surface area contributed by atoms with E-state index in [1.165, 1.54) is 6.92 Å².